The number of halogens is 3. The zero-order valence-corrected chi connectivity index (χ0v) is 12.2. The molecule has 114 valence electrons. The van der Waals surface area contributed by atoms with Crippen LogP contribution in [0.5, 0.6) is 0 Å². The van der Waals surface area contributed by atoms with E-state index in [1.165, 1.54) is 12.3 Å². The Hall–Kier alpha value is -1.77. The summed E-state index contributed by atoms with van der Waals surface area (Å²) in [6, 6.07) is 1.44. The lowest BCUT2D eigenvalue weighted by Crippen LogP contribution is -2.14. The molecule has 0 aliphatic heterocycles. The van der Waals surface area contributed by atoms with Crippen LogP contribution in [-0.2, 0) is 6.18 Å². The van der Waals surface area contributed by atoms with Crippen molar-refractivity contribution in [2.24, 2.45) is 0 Å². The molecule has 0 aromatic carbocycles. The number of anilines is 1. The minimum atomic E-state index is -4.61. The van der Waals surface area contributed by atoms with Crippen LogP contribution >= 0.6 is 11.8 Å². The maximum absolute atomic E-state index is 12.8. The van der Waals surface area contributed by atoms with Gasteiger partial charge in [0.2, 0.25) is 5.82 Å². The lowest BCUT2D eigenvalue weighted by molar-refractivity contribution is -0.145. The van der Waals surface area contributed by atoms with Gasteiger partial charge in [-0.15, -0.1) is 0 Å². The molecule has 0 saturated carbocycles. The van der Waals surface area contributed by atoms with E-state index >= 15 is 0 Å². The minimum Gasteiger partial charge on any atom is -0.439 e. The van der Waals surface area contributed by atoms with Crippen LogP contribution in [0.1, 0.15) is 24.9 Å². The Bertz CT molecular complexity index is 615. The van der Waals surface area contributed by atoms with Gasteiger partial charge in [-0.05, 0) is 25.1 Å². The molecule has 0 aliphatic rings. The van der Waals surface area contributed by atoms with Gasteiger partial charge in [-0.1, -0.05) is 6.92 Å². The van der Waals surface area contributed by atoms with Crippen molar-refractivity contribution >= 4 is 17.6 Å². The van der Waals surface area contributed by atoms with Gasteiger partial charge in [0.25, 0.3) is 5.22 Å². The highest BCUT2D eigenvalue weighted by Crippen LogP contribution is 2.32. The van der Waals surface area contributed by atoms with Crippen LogP contribution in [0, 0.1) is 6.92 Å². The molecule has 0 fully saturated rings. The average molecular weight is 318 g/mol. The van der Waals surface area contributed by atoms with Crippen molar-refractivity contribution in [1.29, 1.82) is 0 Å². The summed E-state index contributed by atoms with van der Waals surface area (Å²) in [6.45, 7) is 4.16. The number of aryl methyl sites for hydroxylation is 1. The first kappa shape index (κ1) is 15.6. The van der Waals surface area contributed by atoms with Crippen molar-refractivity contribution in [1.82, 2.24) is 15.0 Å². The van der Waals surface area contributed by atoms with Crippen LogP contribution in [0.15, 0.2) is 27.0 Å². The van der Waals surface area contributed by atoms with Crippen molar-refractivity contribution in [2.75, 3.05) is 11.9 Å². The molecule has 9 heteroatoms. The number of rotatable bonds is 5. The predicted octanol–water partition coefficient (Wildman–Crippen LogP) is 3.76. The third-order valence-corrected chi connectivity index (χ3v) is 3.08. The van der Waals surface area contributed by atoms with Crippen molar-refractivity contribution < 1.29 is 17.6 Å². The Kier molecular flexibility index (Phi) is 4.71. The third kappa shape index (κ3) is 4.35. The molecule has 0 unspecified atom stereocenters. The first-order chi connectivity index (χ1) is 9.88. The van der Waals surface area contributed by atoms with E-state index < -0.39 is 12.0 Å². The number of aromatic nitrogens is 3. The highest BCUT2D eigenvalue weighted by Gasteiger charge is 2.35. The molecule has 2 rings (SSSR count). The average Bonchev–Trinajstić information content (AvgIpc) is 2.80. The molecular formula is C12H13F3N4OS. The number of alkyl halides is 3. The molecule has 5 nitrogen and oxygen atoms in total. The summed E-state index contributed by atoms with van der Waals surface area (Å²) in [4.78, 5) is 11.0. The molecule has 1 N–H and O–H groups in total. The van der Waals surface area contributed by atoms with E-state index in [9.17, 15) is 13.2 Å². The standard InChI is InChI=1S/C12H13F3N4OS/c1-3-4-16-8-5-9(19-10(18-8)12(13,14)15)21-11-17-7(2)6-20-11/h5-6H,3-4H2,1-2H3,(H,16,18,19). The molecule has 0 amide bonds. The topological polar surface area (TPSA) is 63.8 Å². The largest absolute Gasteiger partial charge is 0.451 e. The second kappa shape index (κ2) is 6.33. The zero-order valence-electron chi connectivity index (χ0n) is 11.4. The lowest BCUT2D eigenvalue weighted by Gasteiger charge is -2.10. The van der Waals surface area contributed by atoms with E-state index in [1.807, 2.05) is 6.92 Å². The van der Waals surface area contributed by atoms with E-state index in [0.717, 1.165) is 18.2 Å². The molecule has 2 aromatic rings. The van der Waals surface area contributed by atoms with E-state index in [4.69, 9.17) is 4.42 Å². The quantitative estimate of drug-likeness (QED) is 0.847. The second-order valence-electron chi connectivity index (χ2n) is 4.20. The van der Waals surface area contributed by atoms with Gasteiger partial charge in [0.1, 0.15) is 17.1 Å². The van der Waals surface area contributed by atoms with Gasteiger partial charge in [0.05, 0.1) is 5.69 Å². The second-order valence-corrected chi connectivity index (χ2v) is 5.17. The summed E-state index contributed by atoms with van der Waals surface area (Å²) in [5, 5.41) is 3.18. The highest BCUT2D eigenvalue weighted by molar-refractivity contribution is 7.99. The van der Waals surface area contributed by atoms with E-state index in [1.54, 1.807) is 6.92 Å². The Labute approximate surface area is 123 Å². The summed E-state index contributed by atoms with van der Waals surface area (Å²) in [6.07, 6.45) is -2.41. The molecule has 0 saturated heterocycles. The smallest absolute Gasteiger partial charge is 0.439 e. The summed E-state index contributed by atoms with van der Waals surface area (Å²) >= 11 is 0.917. The third-order valence-electron chi connectivity index (χ3n) is 2.30. The molecule has 21 heavy (non-hydrogen) atoms. The van der Waals surface area contributed by atoms with Crippen LogP contribution in [0.4, 0.5) is 19.0 Å². The fourth-order valence-corrected chi connectivity index (χ4v) is 2.18. The molecule has 0 atom stereocenters. The Morgan fingerprint density at radius 3 is 2.62 bits per heavy atom. The predicted molar refractivity (Wildman–Crippen MR) is 71.2 cm³/mol. The van der Waals surface area contributed by atoms with Crippen molar-refractivity contribution in [3.05, 3.63) is 23.8 Å². The van der Waals surface area contributed by atoms with E-state index in [0.29, 0.717) is 12.2 Å². The van der Waals surface area contributed by atoms with Gasteiger partial charge in [0, 0.05) is 12.6 Å². The van der Waals surface area contributed by atoms with Crippen LogP contribution in [0.25, 0.3) is 0 Å². The number of nitrogens with zero attached hydrogens (tertiary/aromatic N) is 3. The highest BCUT2D eigenvalue weighted by atomic mass is 32.2. The van der Waals surface area contributed by atoms with Crippen molar-refractivity contribution in [2.45, 2.75) is 36.7 Å². The maximum Gasteiger partial charge on any atom is 0.451 e. The van der Waals surface area contributed by atoms with Crippen LogP contribution in [0.3, 0.4) is 0 Å². The van der Waals surface area contributed by atoms with Gasteiger partial charge in [-0.2, -0.15) is 13.2 Å². The van der Waals surface area contributed by atoms with E-state index in [-0.39, 0.29) is 16.1 Å². The summed E-state index contributed by atoms with van der Waals surface area (Å²) in [5.74, 6) is -1.06. The van der Waals surface area contributed by atoms with Crippen molar-refractivity contribution in [3.63, 3.8) is 0 Å². The fraction of sp³-hybridized carbons (Fsp3) is 0.417. The summed E-state index contributed by atoms with van der Waals surface area (Å²) < 4.78 is 43.5. The van der Waals surface area contributed by atoms with Gasteiger partial charge in [-0.3, -0.25) is 0 Å². The fourth-order valence-electron chi connectivity index (χ4n) is 1.42. The Balaban J connectivity index is 2.30. The summed E-state index contributed by atoms with van der Waals surface area (Å²) in [5.41, 5.74) is 0.645. The lowest BCUT2D eigenvalue weighted by atomic mass is 10.4. The zero-order chi connectivity index (χ0) is 15.5. The Morgan fingerprint density at radius 1 is 1.29 bits per heavy atom. The monoisotopic (exact) mass is 318 g/mol. The normalized spacial score (nSPS) is 11.7. The molecule has 0 aliphatic carbocycles. The van der Waals surface area contributed by atoms with Gasteiger partial charge >= 0.3 is 6.18 Å². The molecule has 2 heterocycles. The van der Waals surface area contributed by atoms with Gasteiger partial charge in [0.15, 0.2) is 0 Å². The number of oxazole rings is 1. The number of hydrogen-bond donors (Lipinski definition) is 1. The molecule has 2 aromatic heterocycles. The molecule has 0 spiro atoms. The van der Waals surface area contributed by atoms with Crippen molar-refractivity contribution in [3.8, 4) is 0 Å². The molecular weight excluding hydrogens is 305 g/mol. The van der Waals surface area contributed by atoms with E-state index in [2.05, 4.69) is 20.3 Å². The SMILES string of the molecule is CCCNc1cc(Sc2nc(C)co2)nc(C(F)(F)F)n1. The first-order valence-electron chi connectivity index (χ1n) is 6.18. The number of nitrogens with one attached hydrogen (secondary N) is 1. The maximum atomic E-state index is 12.8. The summed E-state index contributed by atoms with van der Waals surface area (Å²) in [7, 11) is 0. The molecule has 0 bridgehead atoms. The Morgan fingerprint density at radius 2 is 2.05 bits per heavy atom. The minimum absolute atomic E-state index is 0.123. The first-order valence-corrected chi connectivity index (χ1v) is 7.00. The van der Waals surface area contributed by atoms with Gasteiger partial charge < -0.3 is 9.73 Å². The van der Waals surface area contributed by atoms with Crippen LogP contribution < -0.4 is 5.32 Å². The van der Waals surface area contributed by atoms with Crippen LogP contribution in [-0.4, -0.2) is 21.5 Å². The van der Waals surface area contributed by atoms with Gasteiger partial charge in [-0.25, -0.2) is 15.0 Å². The number of hydrogen-bond acceptors (Lipinski definition) is 6. The van der Waals surface area contributed by atoms with Crippen LogP contribution in [0.2, 0.25) is 0 Å². The molecule has 0 radical (unpaired) electrons.